The summed E-state index contributed by atoms with van der Waals surface area (Å²) in [6.07, 6.45) is 1.58. The van der Waals surface area contributed by atoms with Gasteiger partial charge in [-0.15, -0.1) is 12.4 Å². The number of halogens is 1. The maximum absolute atomic E-state index is 10.7. The minimum atomic E-state index is -0.0892. The summed E-state index contributed by atoms with van der Waals surface area (Å²) in [5.41, 5.74) is 0. The Morgan fingerprint density at radius 2 is 2.45 bits per heavy atom. The van der Waals surface area contributed by atoms with Crippen molar-refractivity contribution in [3.05, 3.63) is 0 Å². The molecule has 0 aromatic carbocycles. The van der Waals surface area contributed by atoms with Gasteiger partial charge in [0, 0.05) is 13.0 Å². The molecule has 0 aromatic heterocycles. The molecule has 0 aliphatic carbocycles. The Morgan fingerprint density at radius 1 is 1.73 bits per heavy atom. The molecule has 0 aromatic rings. The van der Waals surface area contributed by atoms with Crippen LogP contribution in [0.4, 0.5) is 0 Å². The normalized spacial score (nSPS) is 22.5. The first kappa shape index (κ1) is 10.7. The highest BCUT2D eigenvalue weighted by Gasteiger charge is 2.17. The standard InChI is InChI=1S/C7H13NO2.ClH/c1-2-7(9)10-6-3-4-8-5-6;/h6,8H,2-5H2,1H3;1H/t6-;/m1./s1. The SMILES string of the molecule is CCC(=O)O[C@@H]1CCNC1.Cl. The Balaban J connectivity index is 0.000001000. The van der Waals surface area contributed by atoms with Crippen LogP contribution in [0.2, 0.25) is 0 Å². The minimum Gasteiger partial charge on any atom is -0.461 e. The first-order chi connectivity index (χ1) is 4.83. The summed E-state index contributed by atoms with van der Waals surface area (Å²) >= 11 is 0. The third kappa shape index (κ3) is 3.58. The van der Waals surface area contributed by atoms with E-state index in [0.717, 1.165) is 19.5 Å². The van der Waals surface area contributed by atoms with E-state index < -0.39 is 0 Å². The van der Waals surface area contributed by atoms with E-state index in [1.54, 1.807) is 0 Å². The molecule has 0 amide bonds. The molecule has 0 radical (unpaired) electrons. The Bertz CT molecular complexity index is 124. The number of hydrogen-bond donors (Lipinski definition) is 1. The molecule has 1 saturated heterocycles. The molecule has 1 aliphatic rings. The number of esters is 1. The molecule has 0 unspecified atom stereocenters. The average molecular weight is 180 g/mol. The summed E-state index contributed by atoms with van der Waals surface area (Å²) in [5, 5.41) is 3.12. The number of ether oxygens (including phenoxy) is 1. The predicted octanol–water partition coefficient (Wildman–Crippen LogP) is 0.723. The molecule has 1 N–H and O–H groups in total. The van der Waals surface area contributed by atoms with Crippen LogP contribution in [0.25, 0.3) is 0 Å². The lowest BCUT2D eigenvalue weighted by Gasteiger charge is -2.08. The highest BCUT2D eigenvalue weighted by Crippen LogP contribution is 2.03. The molecule has 1 fully saturated rings. The van der Waals surface area contributed by atoms with Crippen LogP contribution >= 0.6 is 12.4 Å². The Kier molecular flexibility index (Phi) is 5.24. The van der Waals surface area contributed by atoms with E-state index in [1.165, 1.54) is 0 Å². The fourth-order valence-electron chi connectivity index (χ4n) is 0.998. The third-order valence-electron chi connectivity index (χ3n) is 1.60. The van der Waals surface area contributed by atoms with Crippen molar-refractivity contribution < 1.29 is 9.53 Å². The second kappa shape index (κ2) is 5.38. The summed E-state index contributed by atoms with van der Waals surface area (Å²) in [7, 11) is 0. The summed E-state index contributed by atoms with van der Waals surface area (Å²) in [6.45, 7) is 3.61. The van der Waals surface area contributed by atoms with E-state index in [9.17, 15) is 4.79 Å². The van der Waals surface area contributed by atoms with E-state index in [0.29, 0.717) is 6.42 Å². The molecular formula is C7H14ClNO2. The highest BCUT2D eigenvalue weighted by molar-refractivity contribution is 5.85. The minimum absolute atomic E-state index is 0. The van der Waals surface area contributed by atoms with E-state index in [2.05, 4.69) is 5.32 Å². The van der Waals surface area contributed by atoms with Gasteiger partial charge in [0.1, 0.15) is 6.10 Å². The molecule has 1 heterocycles. The second-order valence-electron chi connectivity index (χ2n) is 2.46. The zero-order chi connectivity index (χ0) is 7.40. The molecule has 1 rings (SSSR count). The van der Waals surface area contributed by atoms with Crippen LogP contribution < -0.4 is 5.32 Å². The lowest BCUT2D eigenvalue weighted by molar-refractivity contribution is -0.147. The lowest BCUT2D eigenvalue weighted by atomic mass is 10.3. The van der Waals surface area contributed by atoms with Gasteiger partial charge in [-0.3, -0.25) is 4.79 Å². The molecular weight excluding hydrogens is 166 g/mol. The monoisotopic (exact) mass is 179 g/mol. The van der Waals surface area contributed by atoms with Gasteiger partial charge >= 0.3 is 5.97 Å². The fraction of sp³-hybridized carbons (Fsp3) is 0.857. The first-order valence-corrected chi connectivity index (χ1v) is 3.73. The number of hydrogen-bond acceptors (Lipinski definition) is 3. The maximum Gasteiger partial charge on any atom is 0.305 e. The Labute approximate surface area is 72.9 Å². The third-order valence-corrected chi connectivity index (χ3v) is 1.60. The largest absolute Gasteiger partial charge is 0.461 e. The maximum atomic E-state index is 10.7. The van der Waals surface area contributed by atoms with Crippen molar-refractivity contribution >= 4 is 18.4 Å². The zero-order valence-electron chi connectivity index (χ0n) is 6.63. The van der Waals surface area contributed by atoms with Gasteiger partial charge in [-0.2, -0.15) is 0 Å². The van der Waals surface area contributed by atoms with Crippen LogP contribution in [0.5, 0.6) is 0 Å². The van der Waals surface area contributed by atoms with Crippen molar-refractivity contribution in [1.29, 1.82) is 0 Å². The smallest absolute Gasteiger partial charge is 0.305 e. The van der Waals surface area contributed by atoms with Gasteiger partial charge in [-0.1, -0.05) is 6.92 Å². The average Bonchev–Trinajstić information content (AvgIpc) is 2.40. The molecule has 1 atom stereocenters. The zero-order valence-corrected chi connectivity index (χ0v) is 7.45. The van der Waals surface area contributed by atoms with E-state index >= 15 is 0 Å². The van der Waals surface area contributed by atoms with Crippen LogP contribution in [0, 0.1) is 0 Å². The topological polar surface area (TPSA) is 38.3 Å². The number of nitrogens with one attached hydrogen (secondary N) is 1. The van der Waals surface area contributed by atoms with Crippen molar-refractivity contribution in [1.82, 2.24) is 5.32 Å². The van der Waals surface area contributed by atoms with Gasteiger partial charge in [-0.05, 0) is 13.0 Å². The quantitative estimate of drug-likeness (QED) is 0.635. The summed E-state index contributed by atoms with van der Waals surface area (Å²) in [5.74, 6) is -0.0892. The van der Waals surface area contributed by atoms with Gasteiger partial charge < -0.3 is 10.1 Å². The van der Waals surface area contributed by atoms with Gasteiger partial charge in [0.2, 0.25) is 0 Å². The van der Waals surface area contributed by atoms with Gasteiger partial charge in [0.25, 0.3) is 0 Å². The van der Waals surface area contributed by atoms with Crippen molar-refractivity contribution in [2.75, 3.05) is 13.1 Å². The molecule has 0 saturated carbocycles. The summed E-state index contributed by atoms with van der Waals surface area (Å²) in [6, 6.07) is 0. The van der Waals surface area contributed by atoms with E-state index in [1.807, 2.05) is 6.92 Å². The molecule has 0 spiro atoms. The van der Waals surface area contributed by atoms with Gasteiger partial charge in [0.05, 0.1) is 0 Å². The van der Waals surface area contributed by atoms with Crippen LogP contribution in [-0.4, -0.2) is 25.2 Å². The highest BCUT2D eigenvalue weighted by atomic mass is 35.5. The molecule has 0 bridgehead atoms. The molecule has 11 heavy (non-hydrogen) atoms. The Hall–Kier alpha value is -0.280. The molecule has 66 valence electrons. The van der Waals surface area contributed by atoms with E-state index in [4.69, 9.17) is 4.74 Å². The molecule has 3 nitrogen and oxygen atoms in total. The van der Waals surface area contributed by atoms with Crippen LogP contribution in [-0.2, 0) is 9.53 Å². The first-order valence-electron chi connectivity index (χ1n) is 3.73. The lowest BCUT2D eigenvalue weighted by Crippen LogP contribution is -2.20. The predicted molar refractivity (Wildman–Crippen MR) is 44.9 cm³/mol. The van der Waals surface area contributed by atoms with Crippen molar-refractivity contribution in [2.45, 2.75) is 25.9 Å². The number of rotatable bonds is 2. The Morgan fingerprint density at radius 3 is 2.91 bits per heavy atom. The second-order valence-corrected chi connectivity index (χ2v) is 2.46. The summed E-state index contributed by atoms with van der Waals surface area (Å²) in [4.78, 5) is 10.7. The van der Waals surface area contributed by atoms with Crippen LogP contribution in [0.3, 0.4) is 0 Å². The fourth-order valence-corrected chi connectivity index (χ4v) is 0.998. The number of carbonyl (C=O) groups is 1. The number of carbonyl (C=O) groups excluding carboxylic acids is 1. The van der Waals surface area contributed by atoms with Gasteiger partial charge in [0.15, 0.2) is 0 Å². The van der Waals surface area contributed by atoms with Crippen molar-refractivity contribution in [3.63, 3.8) is 0 Å². The molecule has 1 aliphatic heterocycles. The van der Waals surface area contributed by atoms with Crippen LogP contribution in [0.15, 0.2) is 0 Å². The van der Waals surface area contributed by atoms with Crippen LogP contribution in [0.1, 0.15) is 19.8 Å². The van der Waals surface area contributed by atoms with Gasteiger partial charge in [-0.25, -0.2) is 0 Å². The van der Waals surface area contributed by atoms with Crippen molar-refractivity contribution in [3.8, 4) is 0 Å². The summed E-state index contributed by atoms with van der Waals surface area (Å²) < 4.78 is 5.06. The molecule has 4 heteroatoms. The van der Waals surface area contributed by atoms with Crippen molar-refractivity contribution in [2.24, 2.45) is 0 Å². The van der Waals surface area contributed by atoms with E-state index in [-0.39, 0.29) is 24.5 Å².